The molecule has 3 aliphatic rings. The van der Waals surface area contributed by atoms with Gasteiger partial charge in [0, 0.05) is 47.8 Å². The predicted octanol–water partition coefficient (Wildman–Crippen LogP) is 7.74. The highest BCUT2D eigenvalue weighted by molar-refractivity contribution is 9.10. The summed E-state index contributed by atoms with van der Waals surface area (Å²) >= 11 is 3.68. The number of Topliss-reactive ketones (excluding diaryl/α,β-unsaturated/α-hetero) is 2. The predicted molar refractivity (Wildman–Crippen MR) is 157 cm³/mol. The second kappa shape index (κ2) is 10.3. The van der Waals surface area contributed by atoms with Gasteiger partial charge in [0.05, 0.1) is 18.2 Å². The SMILES string of the molecule is CCOc1cc(C2C3=C(CC(C)(C)CC3=O)N(Cc3ccccc3)C3=C2C(=O)CC(C)(C)C3)cc(Br)c1OC. The van der Waals surface area contributed by atoms with Gasteiger partial charge >= 0.3 is 0 Å². The molecular weight excluding hydrogens is 554 g/mol. The molecule has 0 saturated carbocycles. The van der Waals surface area contributed by atoms with Crippen LogP contribution >= 0.6 is 15.9 Å². The van der Waals surface area contributed by atoms with Crippen LogP contribution in [0.15, 0.2) is 69.5 Å². The summed E-state index contributed by atoms with van der Waals surface area (Å²) in [7, 11) is 1.62. The minimum Gasteiger partial charge on any atom is -0.492 e. The summed E-state index contributed by atoms with van der Waals surface area (Å²) in [5.41, 5.74) is 5.34. The number of allylic oxidation sites excluding steroid dienone is 4. The lowest BCUT2D eigenvalue weighted by atomic mass is 9.63. The fraction of sp³-hybridized carbons (Fsp3) is 0.455. The molecule has 0 bridgehead atoms. The van der Waals surface area contributed by atoms with Crippen molar-refractivity contribution in [1.82, 2.24) is 4.90 Å². The van der Waals surface area contributed by atoms with E-state index in [-0.39, 0.29) is 22.4 Å². The van der Waals surface area contributed by atoms with Gasteiger partial charge in [0.1, 0.15) is 0 Å². The van der Waals surface area contributed by atoms with Crippen LogP contribution < -0.4 is 9.47 Å². The second-order valence-corrected chi connectivity index (χ2v) is 13.4. The van der Waals surface area contributed by atoms with Gasteiger partial charge in [-0.25, -0.2) is 0 Å². The highest BCUT2D eigenvalue weighted by atomic mass is 79.9. The maximum Gasteiger partial charge on any atom is 0.174 e. The average molecular weight is 593 g/mol. The molecule has 1 heterocycles. The van der Waals surface area contributed by atoms with E-state index in [1.807, 2.05) is 37.3 Å². The Kier molecular flexibility index (Phi) is 7.30. The maximum atomic E-state index is 14.1. The van der Waals surface area contributed by atoms with E-state index in [1.165, 1.54) is 0 Å². The van der Waals surface area contributed by atoms with Gasteiger partial charge in [-0.1, -0.05) is 58.0 Å². The number of rotatable bonds is 6. The van der Waals surface area contributed by atoms with E-state index in [1.54, 1.807) is 7.11 Å². The van der Waals surface area contributed by atoms with E-state index in [2.05, 4.69) is 60.7 Å². The van der Waals surface area contributed by atoms with Gasteiger partial charge in [0.15, 0.2) is 23.1 Å². The highest BCUT2D eigenvalue weighted by Gasteiger charge is 2.49. The molecule has 0 saturated heterocycles. The van der Waals surface area contributed by atoms with Crippen LogP contribution in [0, 0.1) is 10.8 Å². The van der Waals surface area contributed by atoms with Gasteiger partial charge in [-0.3, -0.25) is 9.59 Å². The Morgan fingerprint density at radius 1 is 0.897 bits per heavy atom. The zero-order valence-electron chi connectivity index (χ0n) is 23.8. The smallest absolute Gasteiger partial charge is 0.174 e. The number of halogens is 1. The average Bonchev–Trinajstić information content (AvgIpc) is 2.84. The van der Waals surface area contributed by atoms with E-state index in [9.17, 15) is 9.59 Å². The Hall–Kier alpha value is -2.86. The first kappa shape index (κ1) is 27.7. The van der Waals surface area contributed by atoms with Crippen molar-refractivity contribution in [3.8, 4) is 11.5 Å². The molecule has 6 heteroatoms. The minimum atomic E-state index is -0.435. The third-order valence-electron chi connectivity index (χ3n) is 8.07. The molecule has 5 nitrogen and oxygen atoms in total. The zero-order chi connectivity index (χ0) is 28.1. The summed E-state index contributed by atoms with van der Waals surface area (Å²) in [6, 6.07) is 14.3. The topological polar surface area (TPSA) is 55.8 Å². The third-order valence-corrected chi connectivity index (χ3v) is 8.66. The number of hydrogen-bond donors (Lipinski definition) is 0. The molecule has 0 aromatic heterocycles. The van der Waals surface area contributed by atoms with E-state index < -0.39 is 5.92 Å². The van der Waals surface area contributed by atoms with Crippen LogP contribution in [0.1, 0.15) is 77.3 Å². The molecule has 206 valence electrons. The third kappa shape index (κ3) is 5.20. The number of hydrogen-bond acceptors (Lipinski definition) is 5. The van der Waals surface area contributed by atoms with Crippen LogP contribution in [-0.2, 0) is 16.1 Å². The fourth-order valence-electron chi connectivity index (χ4n) is 6.55. The molecule has 0 spiro atoms. The molecular formula is C33H38BrNO4. The molecule has 5 rings (SSSR count). The lowest BCUT2D eigenvalue weighted by Crippen LogP contribution is -2.44. The minimum absolute atomic E-state index is 0.124. The lowest BCUT2D eigenvalue weighted by Gasteiger charge is -2.49. The van der Waals surface area contributed by atoms with Crippen LogP contribution in [0.2, 0.25) is 0 Å². The van der Waals surface area contributed by atoms with Gasteiger partial charge in [0.25, 0.3) is 0 Å². The number of benzene rings is 2. The van der Waals surface area contributed by atoms with Crippen LogP contribution in [0.4, 0.5) is 0 Å². The van der Waals surface area contributed by atoms with Crippen molar-refractivity contribution in [3.63, 3.8) is 0 Å². The highest BCUT2D eigenvalue weighted by Crippen LogP contribution is 2.55. The number of methoxy groups -OCH3 is 1. The molecule has 0 radical (unpaired) electrons. The van der Waals surface area contributed by atoms with Crippen molar-refractivity contribution < 1.29 is 19.1 Å². The number of ketones is 2. The summed E-state index contributed by atoms with van der Waals surface area (Å²) in [6.07, 6.45) is 2.47. The van der Waals surface area contributed by atoms with E-state index in [4.69, 9.17) is 9.47 Å². The van der Waals surface area contributed by atoms with Crippen LogP contribution in [-0.4, -0.2) is 30.2 Å². The Bertz CT molecular complexity index is 1330. The Balaban J connectivity index is 1.78. The first-order chi connectivity index (χ1) is 18.4. The molecule has 2 aromatic rings. The van der Waals surface area contributed by atoms with Gasteiger partial charge < -0.3 is 14.4 Å². The number of nitrogens with zero attached hydrogens (tertiary/aromatic N) is 1. The maximum absolute atomic E-state index is 14.1. The molecule has 2 aliphatic carbocycles. The van der Waals surface area contributed by atoms with E-state index in [0.717, 1.165) is 51.0 Å². The summed E-state index contributed by atoms with van der Waals surface area (Å²) < 4.78 is 12.3. The van der Waals surface area contributed by atoms with Gasteiger partial charge in [-0.05, 0) is 69.8 Å². The second-order valence-electron chi connectivity index (χ2n) is 12.6. The Morgan fingerprint density at radius 2 is 1.46 bits per heavy atom. The summed E-state index contributed by atoms with van der Waals surface area (Å²) in [4.78, 5) is 30.4. The first-order valence-electron chi connectivity index (χ1n) is 13.8. The number of ether oxygens (including phenoxy) is 2. The van der Waals surface area contributed by atoms with Crippen LogP contribution in [0.5, 0.6) is 11.5 Å². The van der Waals surface area contributed by atoms with Crippen molar-refractivity contribution in [3.05, 3.63) is 80.6 Å². The molecule has 0 atom stereocenters. The number of carbonyl (C=O) groups excluding carboxylic acids is 2. The molecule has 0 amide bonds. The van der Waals surface area contributed by atoms with Crippen molar-refractivity contribution in [2.24, 2.45) is 10.8 Å². The van der Waals surface area contributed by atoms with Gasteiger partial charge in [-0.2, -0.15) is 0 Å². The van der Waals surface area contributed by atoms with Gasteiger partial charge in [0.2, 0.25) is 0 Å². The largest absolute Gasteiger partial charge is 0.492 e. The van der Waals surface area contributed by atoms with E-state index in [0.29, 0.717) is 37.5 Å². The standard InChI is InChI=1S/C33H38BrNO4/c1-7-39-27-14-21(13-22(34)31(27)38-6)28-29-23(15-32(2,3)17-25(29)36)35(19-20-11-9-8-10-12-20)24-16-33(4,5)18-26(37)30(24)28/h8-14,28H,7,15-19H2,1-6H3. The summed E-state index contributed by atoms with van der Waals surface area (Å²) in [5.74, 6) is 1.03. The molecule has 0 fully saturated rings. The molecule has 2 aromatic carbocycles. The van der Waals surface area contributed by atoms with Crippen LogP contribution in [0.25, 0.3) is 0 Å². The summed E-state index contributed by atoms with van der Waals surface area (Å²) in [6.45, 7) is 11.7. The van der Waals surface area contributed by atoms with Crippen molar-refractivity contribution in [2.45, 2.75) is 72.8 Å². The van der Waals surface area contributed by atoms with Crippen molar-refractivity contribution in [2.75, 3.05) is 13.7 Å². The summed E-state index contributed by atoms with van der Waals surface area (Å²) in [5, 5.41) is 0. The molecule has 1 aliphatic heterocycles. The quantitative estimate of drug-likeness (QED) is 0.344. The molecule has 39 heavy (non-hydrogen) atoms. The normalized spacial score (nSPS) is 20.6. The Labute approximate surface area is 240 Å². The Morgan fingerprint density at radius 3 is 1.97 bits per heavy atom. The lowest BCUT2D eigenvalue weighted by molar-refractivity contribution is -0.119. The first-order valence-corrected chi connectivity index (χ1v) is 14.6. The van der Waals surface area contributed by atoms with Gasteiger partial charge in [-0.15, -0.1) is 0 Å². The molecule has 0 unspecified atom stereocenters. The zero-order valence-corrected chi connectivity index (χ0v) is 25.4. The van der Waals surface area contributed by atoms with Crippen molar-refractivity contribution >= 4 is 27.5 Å². The monoisotopic (exact) mass is 591 g/mol. The fourth-order valence-corrected chi connectivity index (χ4v) is 7.18. The van der Waals surface area contributed by atoms with Crippen molar-refractivity contribution in [1.29, 1.82) is 0 Å². The van der Waals surface area contributed by atoms with Crippen LogP contribution in [0.3, 0.4) is 0 Å². The number of carbonyl (C=O) groups is 2. The molecule has 0 N–H and O–H groups in total. The van der Waals surface area contributed by atoms with E-state index >= 15 is 0 Å².